The highest BCUT2D eigenvalue weighted by Crippen LogP contribution is 2.35. The Bertz CT molecular complexity index is 285. The average molecular weight is 152 g/mol. The van der Waals surface area contributed by atoms with Gasteiger partial charge < -0.3 is 0 Å². The van der Waals surface area contributed by atoms with Crippen molar-refractivity contribution in [3.8, 4) is 0 Å². The highest BCUT2D eigenvalue weighted by atomic mass is 32.2. The van der Waals surface area contributed by atoms with E-state index in [1.54, 1.807) is 11.8 Å². The van der Waals surface area contributed by atoms with E-state index in [1.165, 1.54) is 0 Å². The van der Waals surface area contributed by atoms with Crippen molar-refractivity contribution in [1.29, 1.82) is 0 Å². The molecular formula is C7H6NOS+. The van der Waals surface area contributed by atoms with E-state index in [2.05, 4.69) is 0 Å². The third-order valence-electron chi connectivity index (χ3n) is 1.47. The van der Waals surface area contributed by atoms with Crippen molar-refractivity contribution >= 4 is 17.4 Å². The topological polar surface area (TPSA) is 20.1 Å². The molecule has 1 aromatic carbocycles. The lowest BCUT2D eigenvalue weighted by molar-refractivity contribution is -0.437. The molecule has 1 aliphatic heterocycles. The molecule has 3 heteroatoms. The molecule has 0 spiro atoms. The Hall–Kier alpha value is -0.830. The molecule has 0 radical (unpaired) electrons. The number of fused-ring (bicyclic) bond motifs is 1. The van der Waals surface area contributed by atoms with Crippen molar-refractivity contribution in [2.24, 2.45) is 0 Å². The first-order valence-corrected chi connectivity index (χ1v) is 4.03. The molecule has 0 saturated carbocycles. The van der Waals surface area contributed by atoms with Crippen molar-refractivity contribution in [3.63, 3.8) is 0 Å². The quantitative estimate of drug-likeness (QED) is 0.531. The third kappa shape index (κ3) is 0.743. The Morgan fingerprint density at radius 2 is 2.20 bits per heavy atom. The van der Waals surface area contributed by atoms with Gasteiger partial charge in [0.2, 0.25) is 5.88 Å². The summed E-state index contributed by atoms with van der Waals surface area (Å²) in [4.78, 5) is 12.1. The van der Waals surface area contributed by atoms with E-state index < -0.39 is 0 Å². The van der Waals surface area contributed by atoms with Crippen LogP contribution < -0.4 is 0 Å². The lowest BCUT2D eigenvalue weighted by Gasteiger charge is -1.83. The number of rotatable bonds is 0. The van der Waals surface area contributed by atoms with Crippen molar-refractivity contribution in [2.45, 2.75) is 4.90 Å². The zero-order chi connectivity index (χ0) is 6.97. The maximum absolute atomic E-state index is 11.0. The van der Waals surface area contributed by atoms with Gasteiger partial charge in [-0.25, -0.2) is 0 Å². The van der Waals surface area contributed by atoms with Gasteiger partial charge in [-0.3, -0.25) is 0 Å². The molecule has 2 rings (SSSR count). The van der Waals surface area contributed by atoms with Gasteiger partial charge in [-0.1, -0.05) is 12.1 Å². The molecule has 2 nitrogen and oxygen atoms in total. The molecule has 0 aliphatic carbocycles. The van der Waals surface area contributed by atoms with Crippen LogP contribution in [0.3, 0.4) is 0 Å². The fourth-order valence-corrected chi connectivity index (χ4v) is 1.87. The summed E-state index contributed by atoms with van der Waals surface area (Å²) in [5, 5.41) is 0. The summed E-state index contributed by atoms with van der Waals surface area (Å²) in [5.41, 5.74) is 0.813. The van der Waals surface area contributed by atoms with Crippen LogP contribution >= 0.6 is 11.8 Å². The van der Waals surface area contributed by atoms with Gasteiger partial charge in [0.15, 0.2) is 0 Å². The Labute approximate surface area is 62.8 Å². The molecule has 0 saturated heterocycles. The van der Waals surface area contributed by atoms with E-state index in [9.17, 15) is 4.91 Å². The van der Waals surface area contributed by atoms with Gasteiger partial charge in [0, 0.05) is 15.7 Å². The average Bonchev–Trinajstić information content (AvgIpc) is 2.34. The maximum atomic E-state index is 11.0. The van der Waals surface area contributed by atoms with Crippen LogP contribution in [0.5, 0.6) is 0 Å². The number of para-hydroxylation sites is 1. The number of hydrogen-bond acceptors (Lipinski definition) is 2. The molecule has 1 aliphatic rings. The van der Waals surface area contributed by atoms with Crippen LogP contribution in [0.25, 0.3) is 0 Å². The highest BCUT2D eigenvalue weighted by molar-refractivity contribution is 7.99. The van der Waals surface area contributed by atoms with E-state index in [4.69, 9.17) is 0 Å². The Balaban J connectivity index is 2.61. The number of thioether (sulfide) groups is 1. The summed E-state index contributed by atoms with van der Waals surface area (Å²) < 4.78 is 1.01. The van der Waals surface area contributed by atoms with Crippen LogP contribution in [0.1, 0.15) is 0 Å². The maximum Gasteiger partial charge on any atom is 0.270 e. The van der Waals surface area contributed by atoms with Crippen molar-refractivity contribution < 1.29 is 4.76 Å². The molecule has 0 amide bonds. The van der Waals surface area contributed by atoms with Gasteiger partial charge >= 0.3 is 0 Å². The number of nitrogens with zero attached hydrogens (tertiary/aromatic N) is 1. The minimum Gasteiger partial charge on any atom is -0.0606 e. The van der Waals surface area contributed by atoms with E-state index >= 15 is 0 Å². The minimum atomic E-state index is 0.541. The van der Waals surface area contributed by atoms with Crippen LogP contribution in [0.4, 0.5) is 5.69 Å². The zero-order valence-electron chi connectivity index (χ0n) is 5.28. The van der Waals surface area contributed by atoms with Crippen molar-refractivity contribution in [3.05, 3.63) is 29.2 Å². The first kappa shape index (κ1) is 5.92. The summed E-state index contributed by atoms with van der Waals surface area (Å²) in [5.74, 6) is 0.541. The van der Waals surface area contributed by atoms with Crippen LogP contribution in [-0.4, -0.2) is 10.6 Å². The van der Waals surface area contributed by atoms with Crippen molar-refractivity contribution in [2.75, 3.05) is 5.88 Å². The van der Waals surface area contributed by atoms with E-state index in [1.807, 2.05) is 24.3 Å². The molecule has 1 heterocycles. The highest BCUT2D eigenvalue weighted by Gasteiger charge is 2.26. The van der Waals surface area contributed by atoms with Gasteiger partial charge in [-0.2, -0.15) is 0 Å². The Kier molecular flexibility index (Phi) is 1.24. The first-order valence-electron chi connectivity index (χ1n) is 3.04. The molecular weight excluding hydrogens is 146 g/mol. The molecule has 1 aromatic rings. The number of benzene rings is 1. The lowest BCUT2D eigenvalue weighted by Crippen LogP contribution is -1.90. The fourth-order valence-electron chi connectivity index (χ4n) is 0.983. The van der Waals surface area contributed by atoms with Gasteiger partial charge in [0.25, 0.3) is 5.69 Å². The molecule has 0 unspecified atom stereocenters. The first-order chi connectivity index (χ1) is 4.88. The molecule has 50 valence electrons. The molecule has 10 heavy (non-hydrogen) atoms. The third-order valence-corrected chi connectivity index (χ3v) is 2.49. The Morgan fingerprint density at radius 1 is 1.40 bits per heavy atom. The van der Waals surface area contributed by atoms with Gasteiger partial charge in [0.1, 0.15) is 0 Å². The lowest BCUT2D eigenvalue weighted by atomic mass is 10.3. The molecule has 0 aromatic heterocycles. The second-order valence-corrected chi connectivity index (χ2v) is 3.11. The molecule has 0 fully saturated rings. The zero-order valence-corrected chi connectivity index (χ0v) is 6.10. The fraction of sp³-hybridized carbons (Fsp3) is 0.143. The summed E-state index contributed by atoms with van der Waals surface area (Å²) in [6.45, 7) is 0. The predicted molar refractivity (Wildman–Crippen MR) is 40.5 cm³/mol. The Morgan fingerprint density at radius 3 is 3.00 bits per heavy atom. The molecule has 0 N–H and O–H groups in total. The summed E-state index contributed by atoms with van der Waals surface area (Å²) >= 11 is 1.59. The number of hydrogen-bond donors (Lipinski definition) is 0. The van der Waals surface area contributed by atoms with E-state index in [0.29, 0.717) is 5.88 Å². The van der Waals surface area contributed by atoms with Crippen LogP contribution in [0.15, 0.2) is 29.2 Å². The summed E-state index contributed by atoms with van der Waals surface area (Å²) in [6.07, 6.45) is 0. The summed E-state index contributed by atoms with van der Waals surface area (Å²) in [7, 11) is 0. The predicted octanol–water partition coefficient (Wildman–Crippen LogP) is 2.16. The van der Waals surface area contributed by atoms with Gasteiger partial charge in [-0.15, -0.1) is 0 Å². The summed E-state index contributed by atoms with van der Waals surface area (Å²) in [6, 6.07) is 7.65. The normalized spacial score (nSPS) is 15.4. The minimum absolute atomic E-state index is 0.541. The monoisotopic (exact) mass is 152 g/mol. The molecule has 0 atom stereocenters. The second-order valence-electron chi connectivity index (χ2n) is 2.12. The second kappa shape index (κ2) is 2.09. The van der Waals surface area contributed by atoms with E-state index in [0.717, 1.165) is 15.3 Å². The number of nitroso groups, excluding NO2 is 1. The smallest absolute Gasteiger partial charge is 0.0606 e. The van der Waals surface area contributed by atoms with Gasteiger partial charge in [0.05, 0.1) is 4.90 Å². The standard InChI is InChI=1S/C7H6NOS/c9-8-5-10-7-4-2-1-3-6(7)8/h1-4H,5H2/q+1. The van der Waals surface area contributed by atoms with Crippen molar-refractivity contribution in [1.82, 2.24) is 0 Å². The van der Waals surface area contributed by atoms with Crippen LogP contribution in [-0.2, 0) is 0 Å². The van der Waals surface area contributed by atoms with Gasteiger partial charge in [-0.05, 0) is 17.8 Å². The largest absolute Gasteiger partial charge is 0.270 e. The van der Waals surface area contributed by atoms with E-state index in [-0.39, 0.29) is 0 Å². The van der Waals surface area contributed by atoms with Crippen LogP contribution in [0.2, 0.25) is 0 Å². The SMILES string of the molecule is O=[N+]1CSc2ccccc21. The molecule has 0 bridgehead atoms. The van der Waals surface area contributed by atoms with Crippen LogP contribution in [0, 0.1) is 4.91 Å².